The van der Waals surface area contributed by atoms with Gasteiger partial charge >= 0.3 is 0 Å². The van der Waals surface area contributed by atoms with Crippen LogP contribution in [0.4, 0.5) is 0 Å². The number of likely N-dealkylation sites (tertiary alicyclic amines) is 2. The molecule has 3 aliphatic rings. The quantitative estimate of drug-likeness (QED) is 0.622. The Hall–Kier alpha value is -1.83. The van der Waals surface area contributed by atoms with E-state index in [4.69, 9.17) is 21.1 Å². The van der Waals surface area contributed by atoms with Gasteiger partial charge in [0.15, 0.2) is 0 Å². The Labute approximate surface area is 195 Å². The Morgan fingerprint density at radius 3 is 2.34 bits per heavy atom. The molecule has 0 radical (unpaired) electrons. The molecule has 7 nitrogen and oxygen atoms in total. The highest BCUT2D eigenvalue weighted by molar-refractivity contribution is 6.30. The molecule has 8 heteroatoms. The van der Waals surface area contributed by atoms with Crippen molar-refractivity contribution >= 4 is 23.4 Å². The van der Waals surface area contributed by atoms with Crippen LogP contribution in [0.5, 0.6) is 5.75 Å². The molecule has 1 aromatic carbocycles. The van der Waals surface area contributed by atoms with E-state index in [2.05, 4.69) is 4.90 Å². The molecule has 4 rings (SSSR count). The number of benzene rings is 1. The van der Waals surface area contributed by atoms with Crippen molar-refractivity contribution in [2.75, 3.05) is 65.6 Å². The normalized spacial score (nSPS) is 21.5. The minimum Gasteiger partial charge on any atom is -0.493 e. The number of amides is 2. The van der Waals surface area contributed by atoms with Crippen molar-refractivity contribution in [3.8, 4) is 5.75 Å². The van der Waals surface area contributed by atoms with Crippen LogP contribution in [0.15, 0.2) is 24.3 Å². The first-order chi connectivity index (χ1) is 15.5. The molecule has 0 unspecified atom stereocenters. The Morgan fingerprint density at radius 1 is 0.969 bits per heavy atom. The molecule has 2 amide bonds. The highest BCUT2D eigenvalue weighted by atomic mass is 35.5. The maximum absolute atomic E-state index is 13.1. The summed E-state index contributed by atoms with van der Waals surface area (Å²) in [6.07, 6.45) is 4.31. The Bertz CT molecular complexity index is 785. The topological polar surface area (TPSA) is 62.3 Å². The highest BCUT2D eigenvalue weighted by Gasteiger charge is 2.40. The van der Waals surface area contributed by atoms with Gasteiger partial charge in [0, 0.05) is 43.0 Å². The Morgan fingerprint density at radius 2 is 1.66 bits per heavy atom. The second-order valence-electron chi connectivity index (χ2n) is 9.28. The van der Waals surface area contributed by atoms with Crippen LogP contribution in [0.3, 0.4) is 0 Å². The van der Waals surface area contributed by atoms with Gasteiger partial charge < -0.3 is 19.3 Å². The van der Waals surface area contributed by atoms with Crippen LogP contribution < -0.4 is 4.74 Å². The van der Waals surface area contributed by atoms with E-state index in [0.717, 1.165) is 25.9 Å². The molecule has 1 aromatic rings. The lowest BCUT2D eigenvalue weighted by Gasteiger charge is -2.42. The minimum absolute atomic E-state index is 0.153. The summed E-state index contributed by atoms with van der Waals surface area (Å²) in [6, 6.07) is 7.37. The van der Waals surface area contributed by atoms with Crippen molar-refractivity contribution in [3.05, 3.63) is 29.3 Å². The van der Waals surface area contributed by atoms with E-state index in [1.165, 1.54) is 12.8 Å². The second kappa shape index (κ2) is 10.9. The van der Waals surface area contributed by atoms with Gasteiger partial charge in [0.05, 0.1) is 26.4 Å². The van der Waals surface area contributed by atoms with Crippen LogP contribution in [0.25, 0.3) is 0 Å². The van der Waals surface area contributed by atoms with Crippen LogP contribution in [0.2, 0.25) is 5.02 Å². The number of rotatable bonds is 7. The third kappa shape index (κ3) is 6.15. The number of halogens is 1. The van der Waals surface area contributed by atoms with Gasteiger partial charge in [0.25, 0.3) is 0 Å². The van der Waals surface area contributed by atoms with E-state index in [9.17, 15) is 9.59 Å². The molecule has 0 aromatic heterocycles. The fourth-order valence-corrected chi connectivity index (χ4v) is 5.05. The van der Waals surface area contributed by atoms with Crippen LogP contribution in [-0.4, -0.2) is 92.1 Å². The predicted molar refractivity (Wildman–Crippen MR) is 123 cm³/mol. The average Bonchev–Trinajstić information content (AvgIpc) is 3.32. The standard InChI is InChI=1S/C24H34ClN3O4/c25-20-4-3-5-21(16-20)32-19-24(17-22(29)28-12-14-31-15-13-28)6-10-27(11-7-24)23(30)18-26-8-1-2-9-26/h3-5,16H,1-2,6-15,17-19H2. The number of ether oxygens (including phenoxy) is 2. The fourth-order valence-electron chi connectivity index (χ4n) is 4.87. The smallest absolute Gasteiger partial charge is 0.236 e. The van der Waals surface area contributed by atoms with Gasteiger partial charge in [-0.15, -0.1) is 0 Å². The van der Waals surface area contributed by atoms with Crippen molar-refractivity contribution in [2.24, 2.45) is 5.41 Å². The number of carbonyl (C=O) groups is 2. The van der Waals surface area contributed by atoms with Crippen LogP contribution in [-0.2, 0) is 14.3 Å². The summed E-state index contributed by atoms with van der Waals surface area (Å²) in [7, 11) is 0. The molecule has 0 aliphatic carbocycles. The second-order valence-corrected chi connectivity index (χ2v) is 9.72. The van der Waals surface area contributed by atoms with Gasteiger partial charge in [-0.3, -0.25) is 14.5 Å². The van der Waals surface area contributed by atoms with Gasteiger partial charge in [-0.05, 0) is 57.0 Å². The summed E-state index contributed by atoms with van der Waals surface area (Å²) in [5, 5.41) is 0.628. The van der Waals surface area contributed by atoms with Gasteiger partial charge in [-0.25, -0.2) is 0 Å². The number of morpholine rings is 1. The molecule has 3 saturated heterocycles. The average molecular weight is 464 g/mol. The largest absolute Gasteiger partial charge is 0.493 e. The van der Waals surface area contributed by atoms with Gasteiger partial charge in [-0.1, -0.05) is 17.7 Å². The van der Waals surface area contributed by atoms with Crippen LogP contribution in [0, 0.1) is 5.41 Å². The summed E-state index contributed by atoms with van der Waals surface area (Å²) in [5.74, 6) is 1.07. The first-order valence-electron chi connectivity index (χ1n) is 11.8. The Balaban J connectivity index is 1.39. The third-order valence-electron chi connectivity index (χ3n) is 6.97. The number of piperidine rings is 1. The number of carbonyl (C=O) groups excluding carboxylic acids is 2. The van der Waals surface area contributed by atoms with Crippen molar-refractivity contribution in [3.63, 3.8) is 0 Å². The highest BCUT2D eigenvalue weighted by Crippen LogP contribution is 2.37. The van der Waals surface area contributed by atoms with E-state index >= 15 is 0 Å². The fraction of sp³-hybridized carbons (Fsp3) is 0.667. The molecule has 0 atom stereocenters. The van der Waals surface area contributed by atoms with Gasteiger partial charge in [-0.2, -0.15) is 0 Å². The van der Waals surface area contributed by atoms with E-state index in [1.807, 2.05) is 28.0 Å². The molecular formula is C24H34ClN3O4. The van der Waals surface area contributed by atoms with Crippen LogP contribution >= 0.6 is 11.6 Å². The van der Waals surface area contributed by atoms with E-state index in [1.54, 1.807) is 6.07 Å². The zero-order valence-electron chi connectivity index (χ0n) is 18.8. The molecule has 3 aliphatic heterocycles. The Kier molecular flexibility index (Phi) is 7.92. The summed E-state index contributed by atoms with van der Waals surface area (Å²) in [6.45, 7) is 6.80. The van der Waals surface area contributed by atoms with Crippen molar-refractivity contribution < 1.29 is 19.1 Å². The van der Waals surface area contributed by atoms with E-state index in [0.29, 0.717) is 69.7 Å². The van der Waals surface area contributed by atoms with E-state index < -0.39 is 0 Å². The van der Waals surface area contributed by atoms with Crippen molar-refractivity contribution in [1.82, 2.24) is 14.7 Å². The summed E-state index contributed by atoms with van der Waals surface area (Å²) in [5.41, 5.74) is -0.290. The summed E-state index contributed by atoms with van der Waals surface area (Å²) < 4.78 is 11.5. The van der Waals surface area contributed by atoms with Gasteiger partial charge in [0.1, 0.15) is 5.75 Å². The number of nitrogens with zero attached hydrogens (tertiary/aromatic N) is 3. The molecule has 3 fully saturated rings. The lowest BCUT2D eigenvalue weighted by atomic mass is 9.75. The molecule has 0 N–H and O–H groups in total. The molecule has 0 saturated carbocycles. The van der Waals surface area contributed by atoms with Crippen molar-refractivity contribution in [2.45, 2.75) is 32.1 Å². The minimum atomic E-state index is -0.290. The zero-order chi connectivity index (χ0) is 22.4. The summed E-state index contributed by atoms with van der Waals surface area (Å²) in [4.78, 5) is 32.0. The lowest BCUT2D eigenvalue weighted by molar-refractivity contribution is -0.141. The summed E-state index contributed by atoms with van der Waals surface area (Å²) >= 11 is 6.11. The van der Waals surface area contributed by atoms with E-state index in [-0.39, 0.29) is 17.2 Å². The molecule has 32 heavy (non-hydrogen) atoms. The van der Waals surface area contributed by atoms with Crippen LogP contribution in [0.1, 0.15) is 32.1 Å². The van der Waals surface area contributed by atoms with Gasteiger partial charge in [0.2, 0.25) is 11.8 Å². The lowest BCUT2D eigenvalue weighted by Crippen LogP contribution is -2.50. The third-order valence-corrected chi connectivity index (χ3v) is 7.20. The zero-order valence-corrected chi connectivity index (χ0v) is 19.5. The first-order valence-corrected chi connectivity index (χ1v) is 12.1. The molecule has 176 valence electrons. The van der Waals surface area contributed by atoms with Crippen molar-refractivity contribution in [1.29, 1.82) is 0 Å². The maximum Gasteiger partial charge on any atom is 0.236 e. The molecule has 0 bridgehead atoms. The molecule has 0 spiro atoms. The molecule has 3 heterocycles. The number of hydrogen-bond donors (Lipinski definition) is 0. The maximum atomic E-state index is 13.1. The molecular weight excluding hydrogens is 430 g/mol. The SMILES string of the molecule is O=C(CN1CCCC1)N1CCC(COc2cccc(Cl)c2)(CC(=O)N2CCOCC2)CC1. The number of hydrogen-bond acceptors (Lipinski definition) is 5. The monoisotopic (exact) mass is 463 g/mol. The first kappa shape index (κ1) is 23.3. The predicted octanol–water partition coefficient (Wildman–Crippen LogP) is 2.67.